The zero-order valence-electron chi connectivity index (χ0n) is 15.4. The first-order chi connectivity index (χ1) is 13.1. The summed E-state index contributed by atoms with van der Waals surface area (Å²) in [6.07, 6.45) is 2.51. The fraction of sp³-hybridized carbons (Fsp3) is 0.333. The van der Waals surface area contributed by atoms with Gasteiger partial charge in [-0.2, -0.15) is 0 Å². The molecule has 0 saturated heterocycles. The maximum Gasteiger partial charge on any atom is 0.262 e. The van der Waals surface area contributed by atoms with Gasteiger partial charge in [-0.1, -0.05) is 12.1 Å². The van der Waals surface area contributed by atoms with Crippen LogP contribution in [0.4, 0.5) is 5.69 Å². The summed E-state index contributed by atoms with van der Waals surface area (Å²) >= 11 is 0. The van der Waals surface area contributed by atoms with Crippen LogP contribution in [0.2, 0.25) is 0 Å². The molecule has 0 radical (unpaired) electrons. The highest BCUT2D eigenvalue weighted by Gasteiger charge is 2.23. The van der Waals surface area contributed by atoms with Gasteiger partial charge in [-0.05, 0) is 61.7 Å². The zero-order valence-corrected chi connectivity index (χ0v) is 15.4. The lowest BCUT2D eigenvalue weighted by Crippen LogP contribution is -2.26. The average Bonchev–Trinajstić information content (AvgIpc) is 3.47. The average molecular weight is 368 g/mol. The molecule has 0 atom stereocenters. The van der Waals surface area contributed by atoms with Gasteiger partial charge in [0, 0.05) is 11.7 Å². The largest absolute Gasteiger partial charge is 0.494 e. The molecule has 1 saturated carbocycles. The van der Waals surface area contributed by atoms with Gasteiger partial charge in [0.2, 0.25) is 5.91 Å². The number of benzene rings is 2. The molecule has 0 spiro atoms. The second kappa shape index (κ2) is 9.07. The van der Waals surface area contributed by atoms with Crippen molar-refractivity contribution in [2.24, 2.45) is 0 Å². The molecule has 2 aromatic carbocycles. The number of anilines is 1. The lowest BCUT2D eigenvalue weighted by Gasteiger charge is -2.09. The minimum absolute atomic E-state index is 0.0399. The summed E-state index contributed by atoms with van der Waals surface area (Å²) in [5.41, 5.74) is 1.58. The minimum atomic E-state index is -0.247. The maximum atomic E-state index is 12.0. The third-order valence-electron chi connectivity index (χ3n) is 4.05. The molecule has 2 amide bonds. The number of hydrogen-bond donors (Lipinski definition) is 2. The summed E-state index contributed by atoms with van der Waals surface area (Å²) in [5, 5.41) is 5.74. The second-order valence-electron chi connectivity index (χ2n) is 6.46. The van der Waals surface area contributed by atoms with Crippen molar-refractivity contribution in [3.05, 3.63) is 54.1 Å². The monoisotopic (exact) mass is 368 g/mol. The molecule has 0 aliphatic heterocycles. The molecule has 0 unspecified atom stereocenters. The maximum absolute atomic E-state index is 12.0. The van der Waals surface area contributed by atoms with Gasteiger partial charge in [-0.15, -0.1) is 0 Å². The Hall–Kier alpha value is -3.02. The van der Waals surface area contributed by atoms with E-state index < -0.39 is 0 Å². The molecule has 0 aromatic heterocycles. The predicted octanol–water partition coefficient (Wildman–Crippen LogP) is 2.92. The Morgan fingerprint density at radius 2 is 1.56 bits per heavy atom. The highest BCUT2D eigenvalue weighted by Crippen LogP contribution is 2.19. The minimum Gasteiger partial charge on any atom is -0.494 e. The van der Waals surface area contributed by atoms with Gasteiger partial charge in [0.05, 0.1) is 13.0 Å². The van der Waals surface area contributed by atoms with Gasteiger partial charge >= 0.3 is 0 Å². The van der Waals surface area contributed by atoms with Crippen molar-refractivity contribution in [1.82, 2.24) is 5.32 Å². The number of hydrogen-bond acceptors (Lipinski definition) is 4. The van der Waals surface area contributed by atoms with E-state index in [4.69, 9.17) is 9.47 Å². The summed E-state index contributed by atoms with van der Waals surface area (Å²) in [6.45, 7) is 2.44. The van der Waals surface area contributed by atoms with Crippen LogP contribution in [0.1, 0.15) is 25.3 Å². The van der Waals surface area contributed by atoms with Crippen molar-refractivity contribution in [2.75, 3.05) is 18.5 Å². The van der Waals surface area contributed by atoms with E-state index in [2.05, 4.69) is 10.6 Å². The molecule has 0 heterocycles. The van der Waals surface area contributed by atoms with Crippen molar-refractivity contribution >= 4 is 17.5 Å². The van der Waals surface area contributed by atoms with Gasteiger partial charge in [-0.25, -0.2) is 0 Å². The van der Waals surface area contributed by atoms with Crippen LogP contribution in [0.15, 0.2) is 48.5 Å². The van der Waals surface area contributed by atoms with Crippen molar-refractivity contribution in [1.29, 1.82) is 0 Å². The van der Waals surface area contributed by atoms with Crippen LogP contribution < -0.4 is 20.1 Å². The van der Waals surface area contributed by atoms with E-state index in [1.165, 1.54) is 0 Å². The van der Waals surface area contributed by atoms with E-state index in [-0.39, 0.29) is 18.4 Å². The summed E-state index contributed by atoms with van der Waals surface area (Å²) in [7, 11) is 0. The van der Waals surface area contributed by atoms with Crippen LogP contribution >= 0.6 is 0 Å². The van der Waals surface area contributed by atoms with Crippen LogP contribution in [0.3, 0.4) is 0 Å². The normalized spacial score (nSPS) is 12.9. The van der Waals surface area contributed by atoms with E-state index >= 15 is 0 Å². The molecule has 27 heavy (non-hydrogen) atoms. The van der Waals surface area contributed by atoms with Gasteiger partial charge in [0.25, 0.3) is 5.91 Å². The molecule has 2 aromatic rings. The standard InChI is InChI=1S/C21H24N2O4/c1-2-26-18-9-11-19(12-10-18)27-14-21(25)23-16-5-3-15(4-6-16)13-20(24)22-17-7-8-17/h3-6,9-12,17H,2,7-8,13-14H2,1H3,(H,22,24)(H,23,25). The first-order valence-electron chi connectivity index (χ1n) is 9.16. The van der Waals surface area contributed by atoms with Crippen LogP contribution in [-0.2, 0) is 16.0 Å². The van der Waals surface area contributed by atoms with Crippen LogP contribution in [0, 0.1) is 0 Å². The third kappa shape index (κ3) is 6.33. The molecule has 1 aliphatic carbocycles. The number of amides is 2. The van der Waals surface area contributed by atoms with E-state index in [1.807, 2.05) is 19.1 Å². The molecule has 1 aliphatic rings. The number of rotatable bonds is 9. The lowest BCUT2D eigenvalue weighted by atomic mass is 10.1. The molecular weight excluding hydrogens is 344 g/mol. The molecule has 142 valence electrons. The predicted molar refractivity (Wildman–Crippen MR) is 103 cm³/mol. The molecule has 1 fully saturated rings. The fourth-order valence-electron chi connectivity index (χ4n) is 2.54. The highest BCUT2D eigenvalue weighted by atomic mass is 16.5. The Morgan fingerprint density at radius 3 is 2.15 bits per heavy atom. The van der Waals surface area contributed by atoms with E-state index in [1.54, 1.807) is 36.4 Å². The Labute approximate surface area is 158 Å². The van der Waals surface area contributed by atoms with Crippen LogP contribution in [0.25, 0.3) is 0 Å². The molecule has 6 heteroatoms. The molecule has 3 rings (SSSR count). The van der Waals surface area contributed by atoms with Crippen molar-refractivity contribution in [3.63, 3.8) is 0 Å². The molecular formula is C21H24N2O4. The molecule has 2 N–H and O–H groups in total. The second-order valence-corrected chi connectivity index (χ2v) is 6.46. The first-order valence-corrected chi connectivity index (χ1v) is 9.16. The number of carbonyl (C=O) groups is 2. The first kappa shape index (κ1) is 18.8. The number of carbonyl (C=O) groups excluding carboxylic acids is 2. The van der Waals surface area contributed by atoms with Crippen LogP contribution in [-0.4, -0.2) is 31.1 Å². The summed E-state index contributed by atoms with van der Waals surface area (Å²) in [6, 6.07) is 14.8. The SMILES string of the molecule is CCOc1ccc(OCC(=O)Nc2ccc(CC(=O)NC3CC3)cc2)cc1. The Morgan fingerprint density at radius 1 is 0.926 bits per heavy atom. The van der Waals surface area contributed by atoms with Gasteiger partial charge in [-0.3, -0.25) is 9.59 Å². The topological polar surface area (TPSA) is 76.7 Å². The highest BCUT2D eigenvalue weighted by molar-refractivity contribution is 5.92. The zero-order chi connectivity index (χ0) is 19.1. The van der Waals surface area contributed by atoms with Crippen molar-refractivity contribution in [3.8, 4) is 11.5 Å². The van der Waals surface area contributed by atoms with Crippen molar-refractivity contribution < 1.29 is 19.1 Å². The Bertz CT molecular complexity index is 768. The summed E-state index contributed by atoms with van der Waals surface area (Å²) in [5.74, 6) is 1.16. The Balaban J connectivity index is 1.42. The number of nitrogens with one attached hydrogen (secondary N) is 2. The lowest BCUT2D eigenvalue weighted by molar-refractivity contribution is -0.120. The third-order valence-corrected chi connectivity index (χ3v) is 4.05. The van der Waals surface area contributed by atoms with E-state index in [9.17, 15) is 9.59 Å². The quantitative estimate of drug-likeness (QED) is 0.713. The van der Waals surface area contributed by atoms with Gasteiger partial charge < -0.3 is 20.1 Å². The smallest absolute Gasteiger partial charge is 0.262 e. The molecule has 0 bridgehead atoms. The van der Waals surface area contributed by atoms with E-state index in [0.717, 1.165) is 24.2 Å². The molecule has 6 nitrogen and oxygen atoms in total. The van der Waals surface area contributed by atoms with Gasteiger partial charge in [0.15, 0.2) is 6.61 Å². The Kier molecular flexibility index (Phi) is 6.30. The van der Waals surface area contributed by atoms with Crippen LogP contribution in [0.5, 0.6) is 11.5 Å². The summed E-state index contributed by atoms with van der Waals surface area (Å²) < 4.78 is 10.8. The van der Waals surface area contributed by atoms with E-state index in [0.29, 0.717) is 30.5 Å². The summed E-state index contributed by atoms with van der Waals surface area (Å²) in [4.78, 5) is 23.8. The number of ether oxygens (including phenoxy) is 2. The fourth-order valence-corrected chi connectivity index (χ4v) is 2.54. The van der Waals surface area contributed by atoms with Gasteiger partial charge in [0.1, 0.15) is 11.5 Å². The van der Waals surface area contributed by atoms with Crippen molar-refractivity contribution in [2.45, 2.75) is 32.2 Å².